The Morgan fingerprint density at radius 3 is 2.38 bits per heavy atom. The number of halogens is 1. The second kappa shape index (κ2) is 8.29. The van der Waals surface area contributed by atoms with Crippen LogP contribution in [0.4, 0.5) is 5.69 Å². The van der Waals surface area contributed by atoms with E-state index < -0.39 is 0 Å². The Balaban J connectivity index is 1.51. The van der Waals surface area contributed by atoms with Gasteiger partial charge in [0.25, 0.3) is 5.91 Å². The molecule has 2 heterocycles. The number of amides is 1. The number of para-hydroxylation sites is 1. The number of anilines is 1. The Morgan fingerprint density at radius 2 is 1.72 bits per heavy atom. The molecule has 150 valence electrons. The van der Waals surface area contributed by atoms with E-state index in [9.17, 15) is 4.79 Å². The van der Waals surface area contributed by atoms with Gasteiger partial charge in [-0.15, -0.1) is 0 Å². The lowest BCUT2D eigenvalue weighted by atomic mass is 10.1. The molecule has 0 spiro atoms. The van der Waals surface area contributed by atoms with Gasteiger partial charge in [0.2, 0.25) is 0 Å². The third kappa shape index (κ3) is 3.87. The van der Waals surface area contributed by atoms with Crippen molar-refractivity contribution in [2.45, 2.75) is 20.3 Å². The van der Waals surface area contributed by atoms with Gasteiger partial charge in [0.1, 0.15) is 0 Å². The minimum Gasteiger partial charge on any atom is -0.367 e. The molecule has 2 aromatic carbocycles. The highest BCUT2D eigenvalue weighted by Crippen LogP contribution is 2.26. The van der Waals surface area contributed by atoms with Gasteiger partial charge in [-0.3, -0.25) is 4.79 Å². The molecule has 1 saturated heterocycles. The van der Waals surface area contributed by atoms with Crippen LogP contribution in [0.1, 0.15) is 28.5 Å². The van der Waals surface area contributed by atoms with Crippen molar-refractivity contribution in [1.82, 2.24) is 14.7 Å². The predicted octanol–water partition coefficient (Wildman–Crippen LogP) is 4.36. The number of carbonyl (C=O) groups is 1. The van der Waals surface area contributed by atoms with E-state index in [0.29, 0.717) is 18.7 Å². The second-order valence-electron chi connectivity index (χ2n) is 7.34. The van der Waals surface area contributed by atoms with E-state index in [-0.39, 0.29) is 5.91 Å². The van der Waals surface area contributed by atoms with E-state index in [2.05, 4.69) is 36.0 Å². The summed E-state index contributed by atoms with van der Waals surface area (Å²) in [5, 5.41) is 5.27. The van der Waals surface area contributed by atoms with Gasteiger partial charge < -0.3 is 9.80 Å². The SMILES string of the molecule is CCc1c(C(=O)N2CCN(c3ccccc3Cl)CC2)cnn1-c1ccc(C)cc1. The predicted molar refractivity (Wildman–Crippen MR) is 117 cm³/mol. The summed E-state index contributed by atoms with van der Waals surface area (Å²) in [7, 11) is 0. The highest BCUT2D eigenvalue weighted by atomic mass is 35.5. The maximum absolute atomic E-state index is 13.2. The molecule has 29 heavy (non-hydrogen) atoms. The number of piperazine rings is 1. The summed E-state index contributed by atoms with van der Waals surface area (Å²) in [6.45, 7) is 7.00. The van der Waals surface area contributed by atoms with E-state index >= 15 is 0 Å². The standard InChI is InChI=1S/C23H25ClN4O/c1-3-21-19(16-25-28(21)18-10-8-17(2)9-11-18)23(29)27-14-12-26(13-15-27)22-7-5-4-6-20(22)24/h4-11,16H,3,12-15H2,1-2H3. The summed E-state index contributed by atoms with van der Waals surface area (Å²) >= 11 is 6.33. The van der Waals surface area contributed by atoms with Crippen LogP contribution in [0, 0.1) is 6.92 Å². The lowest BCUT2D eigenvalue weighted by molar-refractivity contribution is 0.0745. The molecule has 1 aliphatic heterocycles. The summed E-state index contributed by atoms with van der Waals surface area (Å²) in [5.41, 5.74) is 4.86. The Morgan fingerprint density at radius 1 is 1.03 bits per heavy atom. The Bertz CT molecular complexity index is 1000. The molecule has 0 saturated carbocycles. The fourth-order valence-electron chi connectivity index (χ4n) is 3.83. The Kier molecular flexibility index (Phi) is 5.58. The van der Waals surface area contributed by atoms with Crippen molar-refractivity contribution < 1.29 is 4.79 Å². The van der Waals surface area contributed by atoms with Gasteiger partial charge in [-0.2, -0.15) is 5.10 Å². The smallest absolute Gasteiger partial charge is 0.257 e. The molecule has 1 aromatic heterocycles. The average Bonchev–Trinajstić information content (AvgIpc) is 3.18. The number of hydrogen-bond donors (Lipinski definition) is 0. The number of hydrogen-bond acceptors (Lipinski definition) is 3. The monoisotopic (exact) mass is 408 g/mol. The molecule has 0 N–H and O–H groups in total. The van der Waals surface area contributed by atoms with Crippen molar-refractivity contribution >= 4 is 23.2 Å². The van der Waals surface area contributed by atoms with Crippen molar-refractivity contribution in [3.63, 3.8) is 0 Å². The van der Waals surface area contributed by atoms with Crippen molar-refractivity contribution in [3.05, 3.63) is 76.6 Å². The first-order chi connectivity index (χ1) is 14.1. The van der Waals surface area contributed by atoms with E-state index in [1.807, 2.05) is 46.0 Å². The number of aromatic nitrogens is 2. The summed E-state index contributed by atoms with van der Waals surface area (Å²) in [6.07, 6.45) is 2.45. The van der Waals surface area contributed by atoms with Crippen LogP contribution in [0.15, 0.2) is 54.7 Å². The van der Waals surface area contributed by atoms with Crippen LogP contribution in [0.2, 0.25) is 5.02 Å². The van der Waals surface area contributed by atoms with Crippen molar-refractivity contribution in [2.75, 3.05) is 31.1 Å². The zero-order chi connectivity index (χ0) is 20.4. The molecule has 1 aliphatic rings. The molecule has 5 nitrogen and oxygen atoms in total. The van der Waals surface area contributed by atoms with E-state index in [0.717, 1.165) is 41.6 Å². The largest absolute Gasteiger partial charge is 0.367 e. The van der Waals surface area contributed by atoms with Crippen molar-refractivity contribution in [3.8, 4) is 5.69 Å². The molecule has 0 aliphatic carbocycles. The van der Waals surface area contributed by atoms with Gasteiger partial charge in [-0.25, -0.2) is 4.68 Å². The van der Waals surface area contributed by atoms with Gasteiger partial charge in [0.05, 0.1) is 33.9 Å². The molecule has 0 radical (unpaired) electrons. The van der Waals surface area contributed by atoms with Gasteiger partial charge in [-0.1, -0.05) is 48.4 Å². The Hall–Kier alpha value is -2.79. The minimum absolute atomic E-state index is 0.0546. The van der Waals surface area contributed by atoms with E-state index in [1.165, 1.54) is 5.56 Å². The first-order valence-corrected chi connectivity index (χ1v) is 10.4. The summed E-state index contributed by atoms with van der Waals surface area (Å²) in [6, 6.07) is 16.1. The molecular weight excluding hydrogens is 384 g/mol. The topological polar surface area (TPSA) is 41.4 Å². The number of rotatable bonds is 4. The summed E-state index contributed by atoms with van der Waals surface area (Å²) in [5.74, 6) is 0.0546. The average molecular weight is 409 g/mol. The van der Waals surface area contributed by atoms with Gasteiger partial charge in [0.15, 0.2) is 0 Å². The first-order valence-electron chi connectivity index (χ1n) is 10.0. The lowest BCUT2D eigenvalue weighted by Crippen LogP contribution is -2.49. The Labute approximate surface area is 176 Å². The third-order valence-electron chi connectivity index (χ3n) is 5.47. The van der Waals surface area contributed by atoms with E-state index in [1.54, 1.807) is 6.20 Å². The first kappa shape index (κ1) is 19.5. The maximum Gasteiger partial charge on any atom is 0.257 e. The summed E-state index contributed by atoms with van der Waals surface area (Å²) in [4.78, 5) is 17.4. The second-order valence-corrected chi connectivity index (χ2v) is 7.74. The third-order valence-corrected chi connectivity index (χ3v) is 5.79. The number of aryl methyl sites for hydroxylation is 1. The summed E-state index contributed by atoms with van der Waals surface area (Å²) < 4.78 is 1.88. The zero-order valence-electron chi connectivity index (χ0n) is 16.8. The minimum atomic E-state index is 0.0546. The molecule has 4 rings (SSSR count). The molecule has 1 fully saturated rings. The molecule has 3 aromatic rings. The number of carbonyl (C=O) groups excluding carboxylic acids is 1. The van der Waals surface area contributed by atoms with Crippen molar-refractivity contribution in [1.29, 1.82) is 0 Å². The lowest BCUT2D eigenvalue weighted by Gasteiger charge is -2.36. The van der Waals surface area contributed by atoms with Gasteiger partial charge in [0, 0.05) is 26.2 Å². The molecule has 0 bridgehead atoms. The van der Waals surface area contributed by atoms with E-state index in [4.69, 9.17) is 11.6 Å². The van der Waals surface area contributed by atoms with Crippen molar-refractivity contribution in [2.24, 2.45) is 0 Å². The van der Waals surface area contributed by atoms with Crippen LogP contribution >= 0.6 is 11.6 Å². The fourth-order valence-corrected chi connectivity index (χ4v) is 4.09. The van der Waals surface area contributed by atoms with Gasteiger partial charge >= 0.3 is 0 Å². The van der Waals surface area contributed by atoms with Gasteiger partial charge in [-0.05, 0) is 37.6 Å². The van der Waals surface area contributed by atoms with Crippen LogP contribution in [-0.2, 0) is 6.42 Å². The molecule has 0 unspecified atom stereocenters. The van der Waals surface area contributed by atoms with Crippen LogP contribution in [0.25, 0.3) is 5.69 Å². The molecule has 0 atom stereocenters. The molecular formula is C23H25ClN4O. The highest BCUT2D eigenvalue weighted by Gasteiger charge is 2.26. The fraction of sp³-hybridized carbons (Fsp3) is 0.304. The van der Waals surface area contributed by atoms with Crippen LogP contribution in [0.3, 0.4) is 0 Å². The van der Waals surface area contributed by atoms with Crippen LogP contribution < -0.4 is 4.90 Å². The highest BCUT2D eigenvalue weighted by molar-refractivity contribution is 6.33. The van der Waals surface area contributed by atoms with Crippen LogP contribution in [-0.4, -0.2) is 46.8 Å². The normalized spacial score (nSPS) is 14.3. The number of benzene rings is 2. The quantitative estimate of drug-likeness (QED) is 0.644. The number of nitrogens with zero attached hydrogens (tertiary/aromatic N) is 4. The zero-order valence-corrected chi connectivity index (χ0v) is 17.6. The maximum atomic E-state index is 13.2. The molecule has 6 heteroatoms. The molecule has 1 amide bonds. The van der Waals surface area contributed by atoms with Crippen LogP contribution in [0.5, 0.6) is 0 Å².